The first kappa shape index (κ1) is 15.1. The summed E-state index contributed by atoms with van der Waals surface area (Å²) in [6, 6.07) is 17.5. The van der Waals surface area contributed by atoms with Gasteiger partial charge < -0.3 is 5.73 Å². The second kappa shape index (κ2) is 6.51. The fourth-order valence-electron chi connectivity index (χ4n) is 2.79. The molecule has 0 saturated carbocycles. The Bertz CT molecular complexity index is 960. The third-order valence-corrected chi connectivity index (χ3v) is 3.82. The van der Waals surface area contributed by atoms with Crippen molar-refractivity contribution in [2.75, 3.05) is 6.54 Å². The molecular formula is C20H18N2O. The average molecular weight is 302 g/mol. The van der Waals surface area contributed by atoms with Crippen LogP contribution in [0.15, 0.2) is 59.4 Å². The minimum Gasteiger partial charge on any atom is -0.320 e. The monoisotopic (exact) mass is 302 g/mol. The van der Waals surface area contributed by atoms with Crippen LogP contribution >= 0.6 is 0 Å². The van der Waals surface area contributed by atoms with Gasteiger partial charge >= 0.3 is 0 Å². The van der Waals surface area contributed by atoms with Crippen LogP contribution in [0.5, 0.6) is 0 Å². The van der Waals surface area contributed by atoms with Crippen molar-refractivity contribution in [2.24, 2.45) is 5.73 Å². The Kier molecular flexibility index (Phi) is 4.27. The fraction of sp³-hybridized carbons (Fsp3) is 0.150. The topological polar surface area (TPSA) is 48.0 Å². The van der Waals surface area contributed by atoms with Crippen LogP contribution in [0.2, 0.25) is 0 Å². The van der Waals surface area contributed by atoms with Gasteiger partial charge in [-0.25, -0.2) is 0 Å². The lowest BCUT2D eigenvalue weighted by atomic mass is 10.0. The summed E-state index contributed by atoms with van der Waals surface area (Å²) < 4.78 is 1.77. The fourth-order valence-corrected chi connectivity index (χ4v) is 2.79. The predicted molar refractivity (Wildman–Crippen MR) is 94.9 cm³/mol. The van der Waals surface area contributed by atoms with Crippen molar-refractivity contribution in [2.45, 2.75) is 13.3 Å². The zero-order valence-corrected chi connectivity index (χ0v) is 13.0. The van der Waals surface area contributed by atoms with Crippen molar-refractivity contribution in [1.29, 1.82) is 0 Å². The normalized spacial score (nSPS) is 10.3. The van der Waals surface area contributed by atoms with E-state index in [1.54, 1.807) is 4.57 Å². The molecule has 0 saturated heterocycles. The number of nitrogens with two attached hydrogens (primary N) is 1. The van der Waals surface area contributed by atoms with Gasteiger partial charge in [0.15, 0.2) is 0 Å². The lowest BCUT2D eigenvalue weighted by Gasteiger charge is -2.14. The molecule has 3 aromatic rings. The molecule has 0 aliphatic rings. The van der Waals surface area contributed by atoms with Gasteiger partial charge in [-0.15, -0.1) is 0 Å². The highest BCUT2D eigenvalue weighted by Crippen LogP contribution is 2.19. The van der Waals surface area contributed by atoms with E-state index in [1.165, 1.54) is 0 Å². The molecule has 3 heteroatoms. The maximum absolute atomic E-state index is 13.2. The largest absolute Gasteiger partial charge is 0.320 e. The lowest BCUT2D eigenvalue weighted by Crippen LogP contribution is -2.22. The molecule has 0 radical (unpaired) electrons. The number of fused-ring (bicyclic) bond motifs is 1. The van der Waals surface area contributed by atoms with Crippen molar-refractivity contribution in [1.82, 2.24) is 4.57 Å². The van der Waals surface area contributed by atoms with Crippen LogP contribution in [0.4, 0.5) is 0 Å². The Balaban J connectivity index is 2.41. The lowest BCUT2D eigenvalue weighted by molar-refractivity contribution is 0.889. The number of nitrogens with zero attached hydrogens (tertiary/aromatic N) is 1. The molecule has 0 bridgehead atoms. The molecule has 23 heavy (non-hydrogen) atoms. The quantitative estimate of drug-likeness (QED) is 0.740. The van der Waals surface area contributed by atoms with Gasteiger partial charge in [0.05, 0.1) is 11.9 Å². The zero-order valence-electron chi connectivity index (χ0n) is 13.0. The molecule has 0 unspecified atom stereocenters. The van der Waals surface area contributed by atoms with E-state index in [0.717, 1.165) is 28.8 Å². The van der Waals surface area contributed by atoms with E-state index in [2.05, 4.69) is 24.8 Å². The van der Waals surface area contributed by atoms with E-state index in [0.29, 0.717) is 5.39 Å². The Morgan fingerprint density at radius 2 is 1.87 bits per heavy atom. The Labute approximate surface area is 135 Å². The van der Waals surface area contributed by atoms with Crippen LogP contribution in [0, 0.1) is 11.8 Å². The summed E-state index contributed by atoms with van der Waals surface area (Å²) in [5, 5.41) is 1.57. The molecule has 0 atom stereocenters. The van der Waals surface area contributed by atoms with Crippen LogP contribution in [-0.2, 0) is 6.42 Å². The van der Waals surface area contributed by atoms with E-state index in [1.807, 2.05) is 48.5 Å². The van der Waals surface area contributed by atoms with Gasteiger partial charge in [0, 0.05) is 16.9 Å². The van der Waals surface area contributed by atoms with Crippen LogP contribution in [0.3, 0.4) is 0 Å². The summed E-state index contributed by atoms with van der Waals surface area (Å²) in [6.45, 7) is 2.33. The minimum absolute atomic E-state index is 0.0347. The van der Waals surface area contributed by atoms with Crippen LogP contribution in [0.25, 0.3) is 16.5 Å². The number of hydrogen-bond donors (Lipinski definition) is 1. The van der Waals surface area contributed by atoms with E-state index < -0.39 is 0 Å². The van der Waals surface area contributed by atoms with Crippen molar-refractivity contribution in [3.63, 3.8) is 0 Å². The van der Waals surface area contributed by atoms with Gasteiger partial charge in [-0.2, -0.15) is 0 Å². The predicted octanol–water partition coefficient (Wildman–Crippen LogP) is 2.86. The summed E-state index contributed by atoms with van der Waals surface area (Å²) in [6.07, 6.45) is 0.777. The van der Waals surface area contributed by atoms with Crippen molar-refractivity contribution >= 4 is 10.8 Å². The summed E-state index contributed by atoms with van der Waals surface area (Å²) in [7, 11) is 0. The van der Waals surface area contributed by atoms with E-state index in [9.17, 15) is 4.79 Å². The van der Waals surface area contributed by atoms with Gasteiger partial charge in [0.25, 0.3) is 5.56 Å². The standard InChI is InChI=1S/C20H18N2O/c1-2-17-14-16-9-6-8-15(10-7-13-21)19(16)20(23)22(17)18-11-4-3-5-12-18/h3-6,8-9,11-12,14H,2,13,21H2,1H3. The highest BCUT2D eigenvalue weighted by atomic mass is 16.1. The minimum atomic E-state index is -0.0347. The maximum Gasteiger partial charge on any atom is 0.264 e. The highest BCUT2D eigenvalue weighted by Gasteiger charge is 2.12. The number of rotatable bonds is 2. The second-order valence-electron chi connectivity index (χ2n) is 5.24. The Hall–Kier alpha value is -2.83. The number of benzene rings is 2. The summed E-state index contributed by atoms with van der Waals surface area (Å²) in [5.74, 6) is 5.86. The molecular weight excluding hydrogens is 284 g/mol. The molecule has 0 aliphatic heterocycles. The first-order valence-corrected chi connectivity index (χ1v) is 7.68. The highest BCUT2D eigenvalue weighted by molar-refractivity contribution is 5.88. The Morgan fingerprint density at radius 3 is 2.57 bits per heavy atom. The first-order chi connectivity index (χ1) is 11.3. The maximum atomic E-state index is 13.2. The molecule has 0 fully saturated rings. The number of pyridine rings is 1. The van der Waals surface area contributed by atoms with Crippen molar-refractivity contribution < 1.29 is 0 Å². The van der Waals surface area contributed by atoms with Crippen molar-refractivity contribution in [3.8, 4) is 17.5 Å². The number of para-hydroxylation sites is 1. The van der Waals surface area contributed by atoms with Gasteiger partial charge in [-0.3, -0.25) is 9.36 Å². The molecule has 1 heterocycles. The molecule has 114 valence electrons. The molecule has 1 aromatic heterocycles. The van der Waals surface area contributed by atoms with Gasteiger partial charge in [-0.05, 0) is 36.1 Å². The average Bonchev–Trinajstić information content (AvgIpc) is 2.60. The number of hydrogen-bond acceptors (Lipinski definition) is 2. The van der Waals surface area contributed by atoms with Gasteiger partial charge in [0.1, 0.15) is 0 Å². The molecule has 3 rings (SSSR count). The van der Waals surface area contributed by atoms with Crippen LogP contribution in [-0.4, -0.2) is 11.1 Å². The van der Waals surface area contributed by atoms with E-state index in [4.69, 9.17) is 5.73 Å². The van der Waals surface area contributed by atoms with Crippen LogP contribution in [0.1, 0.15) is 18.2 Å². The Morgan fingerprint density at radius 1 is 1.09 bits per heavy atom. The van der Waals surface area contributed by atoms with E-state index in [-0.39, 0.29) is 12.1 Å². The second-order valence-corrected chi connectivity index (χ2v) is 5.24. The molecule has 0 spiro atoms. The van der Waals surface area contributed by atoms with Crippen molar-refractivity contribution in [3.05, 3.63) is 76.2 Å². The SMILES string of the molecule is CCc1cc2cccc(C#CCN)c2c(=O)n1-c1ccccc1. The summed E-state index contributed by atoms with van der Waals surface area (Å²) >= 11 is 0. The summed E-state index contributed by atoms with van der Waals surface area (Å²) in [4.78, 5) is 13.2. The third kappa shape index (κ3) is 2.77. The molecule has 2 aromatic carbocycles. The summed E-state index contributed by atoms with van der Waals surface area (Å²) in [5.41, 5.74) is 8.02. The van der Waals surface area contributed by atoms with E-state index >= 15 is 0 Å². The molecule has 2 N–H and O–H groups in total. The number of aryl methyl sites for hydroxylation is 1. The number of aromatic nitrogens is 1. The molecule has 0 aliphatic carbocycles. The molecule has 0 amide bonds. The first-order valence-electron chi connectivity index (χ1n) is 7.68. The smallest absolute Gasteiger partial charge is 0.264 e. The third-order valence-electron chi connectivity index (χ3n) is 3.82. The van der Waals surface area contributed by atoms with Gasteiger partial charge in [0.2, 0.25) is 0 Å². The molecule has 3 nitrogen and oxygen atoms in total. The zero-order chi connectivity index (χ0) is 16.2. The van der Waals surface area contributed by atoms with Crippen LogP contribution < -0.4 is 11.3 Å². The van der Waals surface area contributed by atoms with Gasteiger partial charge in [-0.1, -0.05) is 49.1 Å².